The van der Waals surface area contributed by atoms with Crippen LogP contribution in [0, 0.1) is 5.82 Å². The standard InChI is InChI=1S/C16H11F4NO/c17-13-5-1-11(2-6-13)15(22)9-10-21-14-7-3-12(4-8-14)16(18,19)20/h1-10,21H/b10-9+. The number of halogens is 4. The summed E-state index contributed by atoms with van der Waals surface area (Å²) < 4.78 is 49.9. The van der Waals surface area contributed by atoms with Crippen molar-refractivity contribution < 1.29 is 22.4 Å². The molecule has 0 saturated carbocycles. The van der Waals surface area contributed by atoms with Crippen molar-refractivity contribution >= 4 is 11.5 Å². The Morgan fingerprint density at radius 3 is 2.09 bits per heavy atom. The van der Waals surface area contributed by atoms with Crippen LogP contribution in [0.2, 0.25) is 0 Å². The lowest BCUT2D eigenvalue weighted by molar-refractivity contribution is -0.137. The van der Waals surface area contributed by atoms with Crippen molar-refractivity contribution in [3.8, 4) is 0 Å². The van der Waals surface area contributed by atoms with Crippen LogP contribution >= 0.6 is 0 Å². The van der Waals surface area contributed by atoms with Gasteiger partial charge >= 0.3 is 6.18 Å². The van der Waals surface area contributed by atoms with Gasteiger partial charge in [0, 0.05) is 23.5 Å². The van der Waals surface area contributed by atoms with E-state index in [1.807, 2.05) is 0 Å². The molecule has 0 aromatic heterocycles. The van der Waals surface area contributed by atoms with Crippen LogP contribution in [0.3, 0.4) is 0 Å². The number of rotatable bonds is 4. The molecule has 0 aliphatic rings. The molecule has 0 atom stereocenters. The molecule has 0 fully saturated rings. The fourth-order valence-electron chi connectivity index (χ4n) is 1.68. The number of benzene rings is 2. The first-order valence-electron chi connectivity index (χ1n) is 6.26. The summed E-state index contributed by atoms with van der Waals surface area (Å²) in [6.07, 6.45) is -1.86. The van der Waals surface area contributed by atoms with Gasteiger partial charge in [-0.3, -0.25) is 4.79 Å². The van der Waals surface area contributed by atoms with Crippen molar-refractivity contribution in [1.82, 2.24) is 0 Å². The molecule has 0 radical (unpaired) electrons. The number of ketones is 1. The molecule has 0 heterocycles. The number of carbonyl (C=O) groups is 1. The first-order valence-corrected chi connectivity index (χ1v) is 6.26. The Labute approximate surface area is 124 Å². The van der Waals surface area contributed by atoms with Crippen LogP contribution in [0.4, 0.5) is 23.2 Å². The maximum absolute atomic E-state index is 12.7. The molecule has 0 aliphatic carbocycles. The van der Waals surface area contributed by atoms with E-state index in [2.05, 4.69) is 5.32 Å². The molecule has 2 aromatic rings. The normalized spacial score (nSPS) is 11.6. The average Bonchev–Trinajstić information content (AvgIpc) is 2.47. The van der Waals surface area contributed by atoms with Gasteiger partial charge in [0.25, 0.3) is 0 Å². The quantitative estimate of drug-likeness (QED) is 0.506. The minimum atomic E-state index is -4.38. The molecule has 22 heavy (non-hydrogen) atoms. The zero-order valence-electron chi connectivity index (χ0n) is 11.2. The van der Waals surface area contributed by atoms with Gasteiger partial charge in [-0.25, -0.2) is 4.39 Å². The third-order valence-corrected chi connectivity index (χ3v) is 2.83. The summed E-state index contributed by atoms with van der Waals surface area (Å²) in [7, 11) is 0. The minimum Gasteiger partial charge on any atom is -0.362 e. The molecule has 2 nitrogen and oxygen atoms in total. The van der Waals surface area contributed by atoms with Gasteiger partial charge in [-0.15, -0.1) is 0 Å². The molecule has 0 unspecified atom stereocenters. The van der Waals surface area contributed by atoms with Crippen LogP contribution in [-0.4, -0.2) is 5.78 Å². The first-order chi connectivity index (χ1) is 10.4. The lowest BCUT2D eigenvalue weighted by atomic mass is 10.1. The molecular formula is C16H11F4NO. The predicted octanol–water partition coefficient (Wildman–Crippen LogP) is 4.65. The Balaban J connectivity index is 1.97. The number of nitrogens with one attached hydrogen (secondary N) is 1. The Kier molecular flexibility index (Phi) is 4.60. The first kappa shape index (κ1) is 15.8. The van der Waals surface area contributed by atoms with E-state index in [0.29, 0.717) is 11.3 Å². The van der Waals surface area contributed by atoms with Crippen LogP contribution in [0.25, 0.3) is 0 Å². The number of allylic oxidation sites excluding steroid dienone is 1. The summed E-state index contributed by atoms with van der Waals surface area (Å²) in [5.41, 5.74) is -0.0209. The van der Waals surface area contributed by atoms with E-state index in [1.54, 1.807) is 0 Å². The zero-order chi connectivity index (χ0) is 16.2. The van der Waals surface area contributed by atoms with E-state index in [1.165, 1.54) is 48.7 Å². The lowest BCUT2D eigenvalue weighted by Gasteiger charge is -2.07. The second kappa shape index (κ2) is 6.43. The Bertz CT molecular complexity index is 673. The molecule has 114 valence electrons. The summed E-state index contributed by atoms with van der Waals surface area (Å²) in [6, 6.07) is 9.44. The smallest absolute Gasteiger partial charge is 0.362 e. The van der Waals surface area contributed by atoms with Gasteiger partial charge in [0.15, 0.2) is 5.78 Å². The van der Waals surface area contributed by atoms with Gasteiger partial charge in [-0.05, 0) is 48.5 Å². The summed E-state index contributed by atoms with van der Waals surface area (Å²) in [5.74, 6) is -0.789. The second-order valence-electron chi connectivity index (χ2n) is 4.42. The van der Waals surface area contributed by atoms with Crippen molar-refractivity contribution in [2.75, 3.05) is 5.32 Å². The third-order valence-electron chi connectivity index (χ3n) is 2.83. The summed E-state index contributed by atoms with van der Waals surface area (Å²) >= 11 is 0. The number of anilines is 1. The van der Waals surface area contributed by atoms with Crippen LogP contribution in [-0.2, 0) is 6.18 Å². The van der Waals surface area contributed by atoms with E-state index in [-0.39, 0.29) is 5.78 Å². The SMILES string of the molecule is O=C(/C=C/Nc1ccc(C(F)(F)F)cc1)c1ccc(F)cc1. The van der Waals surface area contributed by atoms with Gasteiger partial charge < -0.3 is 5.32 Å². The lowest BCUT2D eigenvalue weighted by Crippen LogP contribution is -2.04. The van der Waals surface area contributed by atoms with Gasteiger partial charge in [0.2, 0.25) is 0 Å². The maximum Gasteiger partial charge on any atom is 0.416 e. The molecule has 0 bridgehead atoms. The number of alkyl halides is 3. The topological polar surface area (TPSA) is 29.1 Å². The van der Waals surface area contributed by atoms with E-state index >= 15 is 0 Å². The van der Waals surface area contributed by atoms with Crippen molar-refractivity contribution in [2.24, 2.45) is 0 Å². The monoisotopic (exact) mass is 309 g/mol. The third kappa shape index (κ3) is 4.18. The molecule has 0 aliphatic heterocycles. The van der Waals surface area contributed by atoms with Crippen LogP contribution in [0.5, 0.6) is 0 Å². The highest BCUT2D eigenvalue weighted by atomic mass is 19.4. The molecular weight excluding hydrogens is 298 g/mol. The number of hydrogen-bond donors (Lipinski definition) is 1. The fourth-order valence-corrected chi connectivity index (χ4v) is 1.68. The predicted molar refractivity (Wildman–Crippen MR) is 74.9 cm³/mol. The Morgan fingerprint density at radius 1 is 0.955 bits per heavy atom. The largest absolute Gasteiger partial charge is 0.416 e. The highest BCUT2D eigenvalue weighted by Crippen LogP contribution is 2.29. The molecule has 6 heteroatoms. The number of hydrogen-bond acceptors (Lipinski definition) is 2. The summed E-state index contributed by atoms with van der Waals surface area (Å²) in [6.45, 7) is 0. The van der Waals surface area contributed by atoms with Crippen molar-refractivity contribution in [3.63, 3.8) is 0 Å². The maximum atomic E-state index is 12.7. The molecule has 0 amide bonds. The fraction of sp³-hybridized carbons (Fsp3) is 0.0625. The molecule has 2 aromatic carbocycles. The van der Waals surface area contributed by atoms with Crippen LogP contribution < -0.4 is 5.32 Å². The second-order valence-corrected chi connectivity index (χ2v) is 4.42. The van der Waals surface area contributed by atoms with Gasteiger partial charge in [-0.2, -0.15) is 13.2 Å². The minimum absolute atomic E-state index is 0.312. The Morgan fingerprint density at radius 2 is 1.55 bits per heavy atom. The summed E-state index contributed by atoms with van der Waals surface area (Å²) in [4.78, 5) is 11.7. The highest BCUT2D eigenvalue weighted by molar-refractivity contribution is 6.04. The molecule has 2 rings (SSSR count). The van der Waals surface area contributed by atoms with E-state index in [4.69, 9.17) is 0 Å². The molecule has 1 N–H and O–H groups in total. The van der Waals surface area contributed by atoms with Crippen molar-refractivity contribution in [1.29, 1.82) is 0 Å². The van der Waals surface area contributed by atoms with Crippen LogP contribution in [0.15, 0.2) is 60.8 Å². The van der Waals surface area contributed by atoms with Crippen molar-refractivity contribution in [2.45, 2.75) is 6.18 Å². The number of carbonyl (C=O) groups excluding carboxylic acids is 1. The summed E-state index contributed by atoms with van der Waals surface area (Å²) in [5, 5.41) is 2.69. The highest BCUT2D eigenvalue weighted by Gasteiger charge is 2.29. The van der Waals surface area contributed by atoms with Gasteiger partial charge in [0.1, 0.15) is 5.82 Å². The van der Waals surface area contributed by atoms with E-state index in [0.717, 1.165) is 12.1 Å². The van der Waals surface area contributed by atoms with Gasteiger partial charge in [0.05, 0.1) is 5.56 Å². The molecule has 0 saturated heterocycles. The van der Waals surface area contributed by atoms with Crippen molar-refractivity contribution in [3.05, 3.63) is 77.8 Å². The Hall–Kier alpha value is -2.63. The zero-order valence-corrected chi connectivity index (χ0v) is 11.2. The molecule has 0 spiro atoms. The van der Waals surface area contributed by atoms with E-state index < -0.39 is 17.6 Å². The van der Waals surface area contributed by atoms with Gasteiger partial charge in [-0.1, -0.05) is 0 Å². The average molecular weight is 309 g/mol. The van der Waals surface area contributed by atoms with E-state index in [9.17, 15) is 22.4 Å². The van der Waals surface area contributed by atoms with Crippen LogP contribution in [0.1, 0.15) is 15.9 Å².